The molecule has 0 saturated carbocycles. The highest BCUT2D eigenvalue weighted by atomic mass is 19.1. The average Bonchev–Trinajstić information content (AvgIpc) is 2.24. The highest BCUT2D eigenvalue weighted by molar-refractivity contribution is 5.22. The minimum Gasteiger partial charge on any atom is -0.377 e. The van der Waals surface area contributed by atoms with Crippen LogP contribution >= 0.6 is 0 Å². The molecular weight excluding hydrogens is 224 g/mol. The number of halogens is 2. The maximum atomic E-state index is 13.2. The lowest BCUT2D eigenvalue weighted by Crippen LogP contribution is -2.32. The average molecular weight is 243 g/mol. The third kappa shape index (κ3) is 4.06. The van der Waals surface area contributed by atoms with Gasteiger partial charge >= 0.3 is 0 Å². The zero-order valence-electron chi connectivity index (χ0n) is 10.5. The van der Waals surface area contributed by atoms with Crippen LogP contribution in [0.5, 0.6) is 0 Å². The molecule has 1 rings (SSSR count). The number of ether oxygens (including phenoxy) is 1. The molecule has 0 heterocycles. The second-order valence-electron chi connectivity index (χ2n) is 3.90. The minimum atomic E-state index is -0.563. The topological polar surface area (TPSA) is 21.3 Å². The Morgan fingerprint density at radius 3 is 2.24 bits per heavy atom. The summed E-state index contributed by atoms with van der Waals surface area (Å²) in [4.78, 5) is 0. The molecule has 2 atom stereocenters. The Morgan fingerprint density at radius 2 is 1.76 bits per heavy atom. The van der Waals surface area contributed by atoms with E-state index in [-0.39, 0.29) is 12.1 Å². The molecule has 1 aromatic carbocycles. The summed E-state index contributed by atoms with van der Waals surface area (Å²) in [6.07, 6.45) is -0.138. The Kier molecular flexibility index (Phi) is 5.51. The maximum Gasteiger partial charge on any atom is 0.126 e. The van der Waals surface area contributed by atoms with Crippen LogP contribution in [-0.2, 0) is 4.74 Å². The summed E-state index contributed by atoms with van der Waals surface area (Å²) >= 11 is 0. The van der Waals surface area contributed by atoms with Crippen molar-refractivity contribution >= 4 is 0 Å². The highest BCUT2D eigenvalue weighted by Gasteiger charge is 2.19. The van der Waals surface area contributed by atoms with E-state index in [1.54, 1.807) is 0 Å². The first-order valence-electron chi connectivity index (χ1n) is 5.89. The van der Waals surface area contributed by atoms with Crippen molar-refractivity contribution in [1.29, 1.82) is 0 Å². The fourth-order valence-corrected chi connectivity index (χ4v) is 1.89. The largest absolute Gasteiger partial charge is 0.377 e. The van der Waals surface area contributed by atoms with Gasteiger partial charge in [-0.15, -0.1) is 0 Å². The van der Waals surface area contributed by atoms with Gasteiger partial charge in [-0.3, -0.25) is 0 Å². The smallest absolute Gasteiger partial charge is 0.126 e. The summed E-state index contributed by atoms with van der Waals surface area (Å²) in [6.45, 7) is 7.01. The molecule has 0 spiro atoms. The van der Waals surface area contributed by atoms with Gasteiger partial charge in [0.15, 0.2) is 0 Å². The fourth-order valence-electron chi connectivity index (χ4n) is 1.89. The van der Waals surface area contributed by atoms with Crippen LogP contribution in [0, 0.1) is 11.6 Å². The minimum absolute atomic E-state index is 0.138. The van der Waals surface area contributed by atoms with Gasteiger partial charge in [-0.25, -0.2) is 8.78 Å². The van der Waals surface area contributed by atoms with E-state index in [9.17, 15) is 8.78 Å². The Labute approximate surface area is 101 Å². The molecule has 0 saturated heterocycles. The number of hydrogen-bond acceptors (Lipinski definition) is 2. The van der Waals surface area contributed by atoms with Gasteiger partial charge in [0.1, 0.15) is 11.6 Å². The van der Waals surface area contributed by atoms with Gasteiger partial charge in [0, 0.05) is 12.7 Å². The van der Waals surface area contributed by atoms with Crippen LogP contribution in [-0.4, -0.2) is 19.3 Å². The molecule has 2 nitrogen and oxygen atoms in total. The molecule has 17 heavy (non-hydrogen) atoms. The molecule has 96 valence electrons. The first kappa shape index (κ1) is 14.1. The molecule has 0 aromatic heterocycles. The molecule has 1 aromatic rings. The molecule has 0 radical (unpaired) electrons. The van der Waals surface area contributed by atoms with E-state index in [0.717, 1.165) is 6.07 Å². The van der Waals surface area contributed by atoms with Crippen LogP contribution in [0.4, 0.5) is 8.78 Å². The normalized spacial score (nSPS) is 14.6. The first-order chi connectivity index (χ1) is 8.08. The van der Waals surface area contributed by atoms with Crippen LogP contribution in [0.1, 0.15) is 32.4 Å². The van der Waals surface area contributed by atoms with Crippen LogP contribution in [0.2, 0.25) is 0 Å². The Balaban J connectivity index is 2.95. The molecular formula is C13H19F2NO. The molecule has 4 heteroatoms. The van der Waals surface area contributed by atoms with Crippen LogP contribution < -0.4 is 5.32 Å². The third-order valence-electron chi connectivity index (χ3n) is 2.57. The highest BCUT2D eigenvalue weighted by Crippen LogP contribution is 2.21. The van der Waals surface area contributed by atoms with Crippen molar-refractivity contribution in [2.24, 2.45) is 0 Å². The number of hydrogen-bond donors (Lipinski definition) is 1. The zero-order chi connectivity index (χ0) is 12.8. The van der Waals surface area contributed by atoms with Gasteiger partial charge in [0.25, 0.3) is 0 Å². The molecule has 0 aliphatic carbocycles. The van der Waals surface area contributed by atoms with E-state index < -0.39 is 11.6 Å². The molecule has 1 N–H and O–H groups in total. The van der Waals surface area contributed by atoms with Gasteiger partial charge in [0.05, 0.1) is 12.1 Å². The fraction of sp³-hybridized carbons (Fsp3) is 0.538. The zero-order valence-corrected chi connectivity index (χ0v) is 10.5. The van der Waals surface area contributed by atoms with Crippen molar-refractivity contribution in [2.75, 3.05) is 13.2 Å². The quantitative estimate of drug-likeness (QED) is 0.829. The van der Waals surface area contributed by atoms with Crippen LogP contribution in [0.15, 0.2) is 18.2 Å². The number of likely N-dealkylation sites (N-methyl/N-ethyl adjacent to an activating group) is 1. The van der Waals surface area contributed by atoms with E-state index in [1.165, 1.54) is 12.1 Å². The van der Waals surface area contributed by atoms with Gasteiger partial charge < -0.3 is 10.1 Å². The number of benzene rings is 1. The summed E-state index contributed by atoms with van der Waals surface area (Å²) in [7, 11) is 0. The van der Waals surface area contributed by atoms with Crippen LogP contribution in [0.25, 0.3) is 0 Å². The Morgan fingerprint density at radius 1 is 1.18 bits per heavy atom. The van der Waals surface area contributed by atoms with Crippen molar-refractivity contribution in [3.05, 3.63) is 35.4 Å². The van der Waals surface area contributed by atoms with E-state index in [2.05, 4.69) is 5.32 Å². The van der Waals surface area contributed by atoms with Gasteiger partial charge in [-0.1, -0.05) is 6.92 Å². The summed E-state index contributed by atoms with van der Waals surface area (Å²) in [6, 6.07) is 3.35. The Bertz CT molecular complexity index is 337. The van der Waals surface area contributed by atoms with Crippen molar-refractivity contribution in [3.63, 3.8) is 0 Å². The number of rotatable bonds is 6. The monoisotopic (exact) mass is 243 g/mol. The predicted molar refractivity (Wildman–Crippen MR) is 63.9 cm³/mol. The van der Waals surface area contributed by atoms with Crippen LogP contribution in [0.3, 0.4) is 0 Å². The second kappa shape index (κ2) is 6.67. The predicted octanol–water partition coefficient (Wildman–Crippen LogP) is 3.04. The van der Waals surface area contributed by atoms with Crippen molar-refractivity contribution in [1.82, 2.24) is 5.32 Å². The maximum absolute atomic E-state index is 13.2. The summed E-state index contributed by atoms with van der Waals surface area (Å²) in [5.74, 6) is -1.13. The summed E-state index contributed by atoms with van der Waals surface area (Å²) < 4.78 is 31.8. The molecule has 2 unspecified atom stereocenters. The van der Waals surface area contributed by atoms with Crippen molar-refractivity contribution in [2.45, 2.75) is 32.9 Å². The van der Waals surface area contributed by atoms with Gasteiger partial charge in [0.2, 0.25) is 0 Å². The summed E-state index contributed by atoms with van der Waals surface area (Å²) in [5.41, 5.74) is 0.574. The van der Waals surface area contributed by atoms with Crippen molar-refractivity contribution in [3.8, 4) is 0 Å². The van der Waals surface area contributed by atoms with Crippen molar-refractivity contribution < 1.29 is 13.5 Å². The SMILES string of the molecule is CCNC(c1cc(F)cc(F)c1)C(C)OCC. The molecule has 0 fully saturated rings. The standard InChI is InChI=1S/C13H19F2NO/c1-4-16-13(9(3)17-5-2)10-6-11(14)8-12(15)7-10/h6-9,13,16H,4-5H2,1-3H3. The van der Waals surface area contributed by atoms with Gasteiger partial charge in [-0.2, -0.15) is 0 Å². The lowest BCUT2D eigenvalue weighted by molar-refractivity contribution is 0.0475. The number of nitrogens with one attached hydrogen (secondary N) is 1. The van der Waals surface area contributed by atoms with E-state index in [4.69, 9.17) is 4.74 Å². The molecule has 0 aliphatic rings. The molecule has 0 aliphatic heterocycles. The molecule has 0 amide bonds. The van der Waals surface area contributed by atoms with E-state index in [0.29, 0.717) is 18.7 Å². The Hall–Kier alpha value is -1.00. The van der Waals surface area contributed by atoms with E-state index >= 15 is 0 Å². The first-order valence-corrected chi connectivity index (χ1v) is 5.89. The van der Waals surface area contributed by atoms with Gasteiger partial charge in [-0.05, 0) is 38.1 Å². The lowest BCUT2D eigenvalue weighted by Gasteiger charge is -2.25. The lowest BCUT2D eigenvalue weighted by atomic mass is 10.0. The molecule has 0 bridgehead atoms. The summed E-state index contributed by atoms with van der Waals surface area (Å²) in [5, 5.41) is 3.18. The third-order valence-corrected chi connectivity index (χ3v) is 2.57. The second-order valence-corrected chi connectivity index (χ2v) is 3.90. The van der Waals surface area contributed by atoms with E-state index in [1.807, 2.05) is 20.8 Å².